The summed E-state index contributed by atoms with van der Waals surface area (Å²) in [6, 6.07) is 11.8. The van der Waals surface area contributed by atoms with E-state index in [1.165, 1.54) is 17.8 Å². The van der Waals surface area contributed by atoms with E-state index in [-0.39, 0.29) is 29.5 Å². The number of hydrogen-bond donors (Lipinski definition) is 2. The molecular formula is C24H24FN3O4S. The zero-order valence-corrected chi connectivity index (χ0v) is 19.1. The Bertz CT molecular complexity index is 1230. The third kappa shape index (κ3) is 5.03. The van der Waals surface area contributed by atoms with Gasteiger partial charge in [0, 0.05) is 18.1 Å². The van der Waals surface area contributed by atoms with Crippen LogP contribution in [0.5, 0.6) is 11.5 Å². The largest absolute Gasteiger partial charge is 0.493 e. The fourth-order valence-corrected chi connectivity index (χ4v) is 4.54. The highest BCUT2D eigenvalue weighted by Crippen LogP contribution is 2.38. The highest BCUT2D eigenvalue weighted by molar-refractivity contribution is 7.98. The average molecular weight is 470 g/mol. The molecule has 1 aliphatic rings. The summed E-state index contributed by atoms with van der Waals surface area (Å²) in [6.07, 6.45) is 0.969. The summed E-state index contributed by atoms with van der Waals surface area (Å²) >= 11 is 1.19. The van der Waals surface area contributed by atoms with Gasteiger partial charge in [0.2, 0.25) is 5.91 Å². The normalized spacial score (nSPS) is 15.0. The Balaban J connectivity index is 1.64. The summed E-state index contributed by atoms with van der Waals surface area (Å²) in [6.45, 7) is 2.57. The van der Waals surface area contributed by atoms with Crippen molar-refractivity contribution in [1.82, 2.24) is 9.97 Å². The van der Waals surface area contributed by atoms with E-state index < -0.39 is 5.92 Å². The number of carbonyl (C=O) groups is 1. The molecule has 172 valence electrons. The maximum absolute atomic E-state index is 13.9. The number of carbonyl (C=O) groups excluding carboxylic acids is 1. The van der Waals surface area contributed by atoms with Crippen molar-refractivity contribution in [3.8, 4) is 11.5 Å². The second-order valence-electron chi connectivity index (χ2n) is 7.58. The first kappa shape index (κ1) is 22.8. The first-order valence-corrected chi connectivity index (χ1v) is 11.6. The molecule has 0 fully saturated rings. The number of nitrogens with one attached hydrogen (secondary N) is 2. The number of aromatic amines is 1. The molecule has 0 saturated carbocycles. The van der Waals surface area contributed by atoms with Gasteiger partial charge in [0.05, 0.1) is 19.3 Å². The highest BCUT2D eigenvalue weighted by Gasteiger charge is 2.31. The van der Waals surface area contributed by atoms with Gasteiger partial charge in [-0.3, -0.25) is 9.59 Å². The van der Waals surface area contributed by atoms with Crippen LogP contribution in [0.1, 0.15) is 42.4 Å². The molecule has 0 radical (unpaired) electrons. The zero-order chi connectivity index (χ0) is 23.4. The van der Waals surface area contributed by atoms with Crippen LogP contribution in [0.3, 0.4) is 0 Å². The van der Waals surface area contributed by atoms with Crippen molar-refractivity contribution in [2.75, 3.05) is 19.0 Å². The van der Waals surface area contributed by atoms with E-state index in [1.807, 2.05) is 13.0 Å². The van der Waals surface area contributed by atoms with E-state index in [1.54, 1.807) is 37.4 Å². The molecule has 33 heavy (non-hydrogen) atoms. The number of fused-ring (bicyclic) bond motifs is 1. The summed E-state index contributed by atoms with van der Waals surface area (Å²) in [4.78, 5) is 32.7. The summed E-state index contributed by atoms with van der Waals surface area (Å²) in [5.74, 6) is 0.624. The van der Waals surface area contributed by atoms with Crippen LogP contribution in [0, 0.1) is 5.82 Å². The van der Waals surface area contributed by atoms with Crippen LogP contribution in [-0.4, -0.2) is 29.6 Å². The monoisotopic (exact) mass is 469 g/mol. The van der Waals surface area contributed by atoms with Gasteiger partial charge in [0.25, 0.3) is 5.56 Å². The maximum atomic E-state index is 13.9. The molecular weight excluding hydrogens is 445 g/mol. The van der Waals surface area contributed by atoms with Gasteiger partial charge in [-0.1, -0.05) is 43.0 Å². The van der Waals surface area contributed by atoms with Crippen molar-refractivity contribution in [1.29, 1.82) is 0 Å². The lowest BCUT2D eigenvalue weighted by Crippen LogP contribution is -2.31. The van der Waals surface area contributed by atoms with Crippen molar-refractivity contribution < 1.29 is 18.7 Å². The van der Waals surface area contributed by atoms with Gasteiger partial charge < -0.3 is 19.8 Å². The molecule has 0 unspecified atom stereocenters. The minimum Gasteiger partial charge on any atom is -0.493 e. The first-order valence-electron chi connectivity index (χ1n) is 10.6. The Hall–Kier alpha value is -3.33. The number of benzene rings is 2. The number of anilines is 1. The summed E-state index contributed by atoms with van der Waals surface area (Å²) in [7, 11) is 1.55. The highest BCUT2D eigenvalue weighted by atomic mass is 32.2. The minimum atomic E-state index is -0.482. The molecule has 2 N–H and O–H groups in total. The standard InChI is InChI=1S/C24H24FN3O4S/c1-3-10-32-18-9-8-14(11-19(18)31-2)16-12-20(29)26-22-21(16)23(30)28-24(27-22)33-13-15-6-4-5-7-17(15)25/h4-9,11,16H,3,10,12-13H2,1-2H3,(H2,26,27,28,29,30)/t16-/m1/s1. The SMILES string of the molecule is CCCOc1ccc([C@H]2CC(=O)Nc3nc(SCc4ccccc4F)[nH]c(=O)c32)cc1OC. The van der Waals surface area contributed by atoms with Crippen LogP contribution < -0.4 is 20.3 Å². The third-order valence-electron chi connectivity index (χ3n) is 5.30. The third-order valence-corrected chi connectivity index (χ3v) is 6.23. The molecule has 1 amide bonds. The van der Waals surface area contributed by atoms with Gasteiger partial charge in [-0.05, 0) is 35.7 Å². The maximum Gasteiger partial charge on any atom is 0.257 e. The molecule has 1 aliphatic heterocycles. The van der Waals surface area contributed by atoms with Gasteiger partial charge in [-0.15, -0.1) is 0 Å². The van der Waals surface area contributed by atoms with Crippen LogP contribution in [-0.2, 0) is 10.5 Å². The number of amides is 1. The van der Waals surface area contributed by atoms with Crippen LogP contribution >= 0.6 is 11.8 Å². The Morgan fingerprint density at radius 1 is 1.18 bits per heavy atom. The topological polar surface area (TPSA) is 93.3 Å². The van der Waals surface area contributed by atoms with Gasteiger partial charge in [-0.2, -0.15) is 0 Å². The van der Waals surface area contributed by atoms with Crippen LogP contribution in [0.4, 0.5) is 10.2 Å². The van der Waals surface area contributed by atoms with Crippen LogP contribution in [0.2, 0.25) is 0 Å². The van der Waals surface area contributed by atoms with Crippen LogP contribution in [0.25, 0.3) is 0 Å². The van der Waals surface area contributed by atoms with Gasteiger partial charge >= 0.3 is 0 Å². The molecule has 1 atom stereocenters. The fraction of sp³-hybridized carbons (Fsp3) is 0.292. The van der Waals surface area contributed by atoms with Crippen molar-refractivity contribution in [2.24, 2.45) is 0 Å². The first-order chi connectivity index (χ1) is 16.0. The van der Waals surface area contributed by atoms with E-state index >= 15 is 0 Å². The lowest BCUT2D eigenvalue weighted by Gasteiger charge is -2.25. The van der Waals surface area contributed by atoms with Gasteiger partial charge in [0.1, 0.15) is 11.6 Å². The minimum absolute atomic E-state index is 0.109. The van der Waals surface area contributed by atoms with E-state index in [4.69, 9.17) is 9.47 Å². The Labute approximate surface area is 194 Å². The number of thioether (sulfide) groups is 1. The molecule has 2 aromatic carbocycles. The summed E-state index contributed by atoms with van der Waals surface area (Å²) in [5, 5.41) is 3.01. The predicted molar refractivity (Wildman–Crippen MR) is 125 cm³/mol. The number of H-pyrrole nitrogens is 1. The number of aromatic nitrogens is 2. The lowest BCUT2D eigenvalue weighted by atomic mass is 9.86. The molecule has 0 aliphatic carbocycles. The summed E-state index contributed by atoms with van der Waals surface area (Å²) < 4.78 is 25.1. The van der Waals surface area contributed by atoms with E-state index in [0.717, 1.165) is 12.0 Å². The number of ether oxygens (including phenoxy) is 2. The quantitative estimate of drug-likeness (QED) is 0.373. The molecule has 0 spiro atoms. The Kier molecular flexibility index (Phi) is 6.98. The van der Waals surface area contributed by atoms with Crippen molar-refractivity contribution in [3.05, 3.63) is 75.3 Å². The number of halogens is 1. The smallest absolute Gasteiger partial charge is 0.257 e. The van der Waals surface area contributed by atoms with Gasteiger partial charge in [0.15, 0.2) is 16.7 Å². The molecule has 9 heteroatoms. The molecule has 7 nitrogen and oxygen atoms in total. The molecule has 0 bridgehead atoms. The molecule has 3 aromatic rings. The Morgan fingerprint density at radius 2 is 2.00 bits per heavy atom. The molecule has 1 aromatic heterocycles. The van der Waals surface area contributed by atoms with Crippen molar-refractivity contribution in [2.45, 2.75) is 36.6 Å². The van der Waals surface area contributed by atoms with Crippen molar-refractivity contribution in [3.63, 3.8) is 0 Å². The average Bonchev–Trinajstić information content (AvgIpc) is 2.81. The lowest BCUT2D eigenvalue weighted by molar-refractivity contribution is -0.116. The van der Waals surface area contributed by atoms with Gasteiger partial charge in [-0.25, -0.2) is 9.37 Å². The number of methoxy groups -OCH3 is 1. The Morgan fingerprint density at radius 3 is 2.76 bits per heavy atom. The van der Waals surface area contributed by atoms with E-state index in [2.05, 4.69) is 15.3 Å². The van der Waals surface area contributed by atoms with Crippen LogP contribution in [0.15, 0.2) is 52.4 Å². The number of hydrogen-bond acceptors (Lipinski definition) is 6. The molecule has 2 heterocycles. The zero-order valence-electron chi connectivity index (χ0n) is 18.3. The predicted octanol–water partition coefficient (Wildman–Crippen LogP) is 4.47. The van der Waals surface area contributed by atoms with E-state index in [9.17, 15) is 14.0 Å². The second-order valence-corrected chi connectivity index (χ2v) is 8.54. The van der Waals surface area contributed by atoms with Crippen molar-refractivity contribution >= 4 is 23.5 Å². The number of rotatable bonds is 8. The molecule has 0 saturated heterocycles. The molecule has 4 rings (SSSR count). The van der Waals surface area contributed by atoms with E-state index in [0.29, 0.717) is 40.1 Å². The second kappa shape index (κ2) is 10.1. The fourth-order valence-electron chi connectivity index (χ4n) is 3.70. The number of nitrogens with zero attached hydrogens (tertiary/aromatic N) is 1. The summed E-state index contributed by atoms with van der Waals surface area (Å²) in [5.41, 5.74) is 1.30.